The van der Waals surface area contributed by atoms with Crippen LogP contribution in [0.4, 0.5) is 4.39 Å². The third-order valence-corrected chi connectivity index (χ3v) is 5.61. The molecule has 2 fully saturated rings. The van der Waals surface area contributed by atoms with Crippen molar-refractivity contribution in [3.8, 4) is 0 Å². The van der Waals surface area contributed by atoms with Gasteiger partial charge in [-0.25, -0.2) is 4.39 Å². The highest BCUT2D eigenvalue weighted by Crippen LogP contribution is 2.48. The van der Waals surface area contributed by atoms with Gasteiger partial charge in [-0.2, -0.15) is 0 Å². The minimum Gasteiger partial charge on any atom is -0.469 e. The average Bonchev–Trinajstić information content (AvgIpc) is 2.95. The lowest BCUT2D eigenvalue weighted by atomic mass is 9.70. The number of benzene rings is 1. The van der Waals surface area contributed by atoms with E-state index in [1.165, 1.54) is 26.4 Å². The topological polar surface area (TPSA) is 72.9 Å². The lowest BCUT2D eigenvalue weighted by Crippen LogP contribution is -2.60. The monoisotopic (exact) mass is 363 g/mol. The lowest BCUT2D eigenvalue weighted by Gasteiger charge is -2.45. The molecule has 2 aliphatic heterocycles. The molecule has 3 atom stereocenters. The van der Waals surface area contributed by atoms with E-state index in [2.05, 4.69) is 4.90 Å². The van der Waals surface area contributed by atoms with Crippen LogP contribution in [0.3, 0.4) is 0 Å². The smallest absolute Gasteiger partial charge is 0.321 e. The van der Waals surface area contributed by atoms with Gasteiger partial charge in [0.25, 0.3) is 0 Å². The van der Waals surface area contributed by atoms with Crippen molar-refractivity contribution >= 4 is 17.7 Å². The van der Waals surface area contributed by atoms with Crippen molar-refractivity contribution in [2.24, 2.45) is 5.41 Å². The molecule has 0 spiro atoms. The summed E-state index contributed by atoms with van der Waals surface area (Å²) in [6, 6.07) is 5.71. The standard InChI is InChI=1S/C19H22FNO5/c1-25-17(23)10-19(18(24)26-2)15-8-7-14(9-16(19)22)21(15)11-12-3-5-13(20)6-4-12/h3-6,14-15H,7-11H2,1-2H3. The van der Waals surface area contributed by atoms with Crippen LogP contribution in [0.5, 0.6) is 0 Å². The normalized spacial score (nSPS) is 28.0. The number of halogens is 1. The number of Topliss-reactive ketones (excluding diaryl/α,β-unsaturated/α-hetero) is 1. The van der Waals surface area contributed by atoms with Crippen LogP contribution in [-0.2, 0) is 30.4 Å². The van der Waals surface area contributed by atoms with E-state index >= 15 is 0 Å². The molecule has 6 nitrogen and oxygen atoms in total. The third kappa shape index (κ3) is 3.00. The van der Waals surface area contributed by atoms with E-state index in [9.17, 15) is 18.8 Å². The summed E-state index contributed by atoms with van der Waals surface area (Å²) in [4.78, 5) is 39.6. The maximum absolute atomic E-state index is 13.2. The summed E-state index contributed by atoms with van der Waals surface area (Å²) < 4.78 is 22.8. The SMILES string of the molecule is COC(=O)CC1(C(=O)OC)C(=O)CC2CCC1N2Cc1ccc(F)cc1. The van der Waals surface area contributed by atoms with Crippen molar-refractivity contribution in [3.63, 3.8) is 0 Å². The van der Waals surface area contributed by atoms with Gasteiger partial charge in [0.05, 0.1) is 20.6 Å². The minimum absolute atomic E-state index is 0.00739. The predicted molar refractivity (Wildman–Crippen MR) is 89.5 cm³/mol. The van der Waals surface area contributed by atoms with E-state index < -0.39 is 23.4 Å². The number of fused-ring (bicyclic) bond motifs is 2. The molecule has 0 saturated carbocycles. The van der Waals surface area contributed by atoms with Gasteiger partial charge in [-0.3, -0.25) is 19.3 Å². The number of piperidine rings is 1. The van der Waals surface area contributed by atoms with E-state index in [0.717, 1.165) is 12.0 Å². The number of methoxy groups -OCH3 is 2. The number of esters is 2. The maximum atomic E-state index is 13.2. The second-order valence-corrected chi connectivity index (χ2v) is 6.89. The fourth-order valence-electron chi connectivity index (χ4n) is 4.33. The Kier molecular flexibility index (Phi) is 5.09. The Morgan fingerprint density at radius 2 is 1.88 bits per heavy atom. The van der Waals surface area contributed by atoms with Crippen LogP contribution in [0, 0.1) is 11.2 Å². The van der Waals surface area contributed by atoms with Gasteiger partial charge in [-0.1, -0.05) is 12.1 Å². The lowest BCUT2D eigenvalue weighted by molar-refractivity contribution is -0.172. The summed E-state index contributed by atoms with van der Waals surface area (Å²) in [7, 11) is 2.45. The van der Waals surface area contributed by atoms with Crippen LogP contribution in [0.25, 0.3) is 0 Å². The van der Waals surface area contributed by atoms with Crippen molar-refractivity contribution in [2.45, 2.75) is 44.3 Å². The van der Waals surface area contributed by atoms with Gasteiger partial charge in [-0.15, -0.1) is 0 Å². The van der Waals surface area contributed by atoms with Gasteiger partial charge in [-0.05, 0) is 30.5 Å². The number of carbonyl (C=O) groups is 3. The first-order chi connectivity index (χ1) is 12.4. The quantitative estimate of drug-likeness (QED) is 0.587. The molecule has 140 valence electrons. The number of carbonyl (C=O) groups excluding carboxylic acids is 3. The number of hydrogen-bond acceptors (Lipinski definition) is 6. The number of hydrogen-bond donors (Lipinski definition) is 0. The largest absolute Gasteiger partial charge is 0.469 e. The van der Waals surface area contributed by atoms with E-state index in [0.29, 0.717) is 13.0 Å². The molecular formula is C19H22FNO5. The van der Waals surface area contributed by atoms with Gasteiger partial charge < -0.3 is 9.47 Å². The van der Waals surface area contributed by atoms with Gasteiger partial charge in [0.2, 0.25) is 0 Å². The summed E-state index contributed by atoms with van der Waals surface area (Å²) in [5, 5.41) is 0. The Balaban J connectivity index is 1.96. The number of ketones is 1. The van der Waals surface area contributed by atoms with Crippen LogP contribution < -0.4 is 0 Å². The zero-order chi connectivity index (χ0) is 18.9. The molecular weight excluding hydrogens is 341 g/mol. The fraction of sp³-hybridized carbons (Fsp3) is 0.526. The van der Waals surface area contributed by atoms with E-state index in [4.69, 9.17) is 9.47 Å². The van der Waals surface area contributed by atoms with Gasteiger partial charge in [0, 0.05) is 25.0 Å². The van der Waals surface area contributed by atoms with Crippen molar-refractivity contribution in [1.82, 2.24) is 4.90 Å². The molecule has 3 rings (SSSR count). The van der Waals surface area contributed by atoms with Crippen molar-refractivity contribution in [1.29, 1.82) is 0 Å². The first kappa shape index (κ1) is 18.5. The first-order valence-corrected chi connectivity index (χ1v) is 8.61. The summed E-state index contributed by atoms with van der Waals surface area (Å²) in [6.07, 6.45) is 1.23. The molecule has 0 aliphatic carbocycles. The molecule has 2 heterocycles. The molecule has 26 heavy (non-hydrogen) atoms. The summed E-state index contributed by atoms with van der Waals surface area (Å²) in [5.74, 6) is -1.89. The highest BCUT2D eigenvalue weighted by atomic mass is 19.1. The molecule has 2 saturated heterocycles. The Labute approximate surface area is 151 Å². The number of rotatable bonds is 5. The zero-order valence-electron chi connectivity index (χ0n) is 14.9. The molecule has 0 N–H and O–H groups in total. The minimum atomic E-state index is -1.55. The Bertz CT molecular complexity index is 719. The predicted octanol–water partition coefficient (Wildman–Crippen LogP) is 1.85. The number of nitrogens with zero attached hydrogens (tertiary/aromatic N) is 1. The molecule has 0 radical (unpaired) electrons. The van der Waals surface area contributed by atoms with Crippen LogP contribution in [0.2, 0.25) is 0 Å². The molecule has 7 heteroatoms. The first-order valence-electron chi connectivity index (χ1n) is 8.61. The van der Waals surface area contributed by atoms with E-state index in [-0.39, 0.29) is 30.5 Å². The maximum Gasteiger partial charge on any atom is 0.321 e. The van der Waals surface area contributed by atoms with Crippen LogP contribution in [0.15, 0.2) is 24.3 Å². The fourth-order valence-corrected chi connectivity index (χ4v) is 4.33. The molecule has 1 aromatic rings. The molecule has 2 aliphatic rings. The Hall–Kier alpha value is -2.28. The Morgan fingerprint density at radius 1 is 1.19 bits per heavy atom. The summed E-state index contributed by atoms with van der Waals surface area (Å²) >= 11 is 0. The highest BCUT2D eigenvalue weighted by molar-refractivity contribution is 6.08. The number of ether oxygens (including phenoxy) is 2. The van der Waals surface area contributed by atoms with Gasteiger partial charge >= 0.3 is 11.9 Å². The molecule has 0 aromatic heterocycles. The van der Waals surface area contributed by atoms with Crippen molar-refractivity contribution < 1.29 is 28.2 Å². The molecule has 0 amide bonds. The second-order valence-electron chi connectivity index (χ2n) is 6.89. The van der Waals surface area contributed by atoms with Crippen LogP contribution >= 0.6 is 0 Å². The average molecular weight is 363 g/mol. The Morgan fingerprint density at radius 3 is 2.50 bits per heavy atom. The van der Waals surface area contributed by atoms with Crippen LogP contribution in [-0.4, -0.2) is 48.9 Å². The molecule has 1 aromatic carbocycles. The van der Waals surface area contributed by atoms with Gasteiger partial charge in [0.1, 0.15) is 5.82 Å². The second kappa shape index (κ2) is 7.15. The summed E-state index contributed by atoms with van der Waals surface area (Å²) in [6.45, 7) is 0.475. The molecule has 3 unspecified atom stereocenters. The van der Waals surface area contributed by atoms with Crippen LogP contribution in [0.1, 0.15) is 31.2 Å². The summed E-state index contributed by atoms with van der Waals surface area (Å²) in [5.41, 5.74) is -0.663. The highest BCUT2D eigenvalue weighted by Gasteiger charge is 2.62. The van der Waals surface area contributed by atoms with Crippen molar-refractivity contribution in [3.05, 3.63) is 35.6 Å². The van der Waals surface area contributed by atoms with E-state index in [1.54, 1.807) is 12.1 Å². The van der Waals surface area contributed by atoms with Crippen molar-refractivity contribution in [2.75, 3.05) is 14.2 Å². The zero-order valence-corrected chi connectivity index (χ0v) is 14.9. The molecule has 2 bridgehead atoms. The van der Waals surface area contributed by atoms with E-state index in [1.807, 2.05) is 0 Å². The van der Waals surface area contributed by atoms with Gasteiger partial charge in [0.15, 0.2) is 11.2 Å². The third-order valence-electron chi connectivity index (χ3n) is 5.61.